The van der Waals surface area contributed by atoms with E-state index < -0.39 is 0 Å². The average Bonchev–Trinajstić information content (AvgIpc) is 3.17. The second-order valence-corrected chi connectivity index (χ2v) is 5.62. The van der Waals surface area contributed by atoms with Crippen LogP contribution in [0.3, 0.4) is 0 Å². The molecule has 0 saturated carbocycles. The van der Waals surface area contributed by atoms with Gasteiger partial charge in [0.25, 0.3) is 0 Å². The van der Waals surface area contributed by atoms with Gasteiger partial charge in [-0.15, -0.1) is 0 Å². The lowest BCUT2D eigenvalue weighted by Crippen LogP contribution is -2.04. The number of carbonyl (C=O) groups excluding carboxylic acids is 1. The average molecular weight is 348 g/mol. The molecule has 0 bridgehead atoms. The van der Waals surface area contributed by atoms with Crippen LogP contribution in [0, 0.1) is 0 Å². The second kappa shape index (κ2) is 8.78. The van der Waals surface area contributed by atoms with E-state index in [1.165, 1.54) is 0 Å². The summed E-state index contributed by atoms with van der Waals surface area (Å²) in [5.41, 5.74) is 2.44. The maximum absolute atomic E-state index is 12.3. The number of ether oxygens (including phenoxy) is 2. The molecule has 5 nitrogen and oxygen atoms in total. The quantitative estimate of drug-likeness (QED) is 0.353. The molecule has 1 heterocycles. The summed E-state index contributed by atoms with van der Waals surface area (Å²) in [5, 5.41) is 4.31. The number of benzene rings is 2. The molecule has 3 rings (SSSR count). The van der Waals surface area contributed by atoms with E-state index in [0.717, 1.165) is 11.3 Å². The highest BCUT2D eigenvalue weighted by molar-refractivity contribution is 6.06. The van der Waals surface area contributed by atoms with Gasteiger partial charge in [0.2, 0.25) is 0 Å². The summed E-state index contributed by atoms with van der Waals surface area (Å²) >= 11 is 0. The molecule has 2 aromatic carbocycles. The van der Waals surface area contributed by atoms with Gasteiger partial charge >= 0.3 is 0 Å². The summed E-state index contributed by atoms with van der Waals surface area (Å²) in [6.45, 7) is 1.01. The first kappa shape index (κ1) is 17.6. The van der Waals surface area contributed by atoms with E-state index >= 15 is 0 Å². The Kier molecular flexibility index (Phi) is 5.96. The Morgan fingerprint density at radius 2 is 1.85 bits per heavy atom. The van der Waals surface area contributed by atoms with Gasteiger partial charge in [0, 0.05) is 24.4 Å². The molecule has 5 heteroatoms. The molecule has 0 saturated heterocycles. The Labute approximate surface area is 152 Å². The first-order valence-electron chi connectivity index (χ1n) is 8.30. The minimum absolute atomic E-state index is 0.0686. The van der Waals surface area contributed by atoms with Gasteiger partial charge in [0.15, 0.2) is 5.78 Å². The molecule has 26 heavy (non-hydrogen) atoms. The van der Waals surface area contributed by atoms with Crippen LogP contribution in [0.15, 0.2) is 73.1 Å². The van der Waals surface area contributed by atoms with Crippen molar-refractivity contribution in [2.75, 3.05) is 20.3 Å². The molecule has 0 spiro atoms. The Morgan fingerprint density at radius 3 is 2.58 bits per heavy atom. The van der Waals surface area contributed by atoms with Crippen LogP contribution in [-0.2, 0) is 4.74 Å². The highest BCUT2D eigenvalue weighted by atomic mass is 16.5. The summed E-state index contributed by atoms with van der Waals surface area (Å²) in [5.74, 6) is 0.646. The lowest BCUT2D eigenvalue weighted by molar-refractivity contribution is 0.104. The van der Waals surface area contributed by atoms with Gasteiger partial charge in [-0.05, 0) is 48.6 Å². The number of allylic oxidation sites excluding steroid dienone is 1. The number of nitrogens with zero attached hydrogens (tertiary/aromatic N) is 2. The first-order chi connectivity index (χ1) is 12.8. The van der Waals surface area contributed by atoms with Crippen molar-refractivity contribution in [3.8, 4) is 11.4 Å². The minimum Gasteiger partial charge on any atom is -0.491 e. The van der Waals surface area contributed by atoms with Crippen LogP contribution < -0.4 is 4.74 Å². The van der Waals surface area contributed by atoms with Crippen molar-refractivity contribution >= 4 is 11.9 Å². The van der Waals surface area contributed by atoms with Gasteiger partial charge in [0.1, 0.15) is 12.4 Å². The van der Waals surface area contributed by atoms with Crippen LogP contribution >= 0.6 is 0 Å². The predicted molar refractivity (Wildman–Crippen MR) is 101 cm³/mol. The number of carbonyl (C=O) groups is 1. The third-order valence-corrected chi connectivity index (χ3v) is 3.75. The van der Waals surface area contributed by atoms with E-state index in [2.05, 4.69) is 5.10 Å². The third-order valence-electron chi connectivity index (χ3n) is 3.75. The summed E-state index contributed by atoms with van der Waals surface area (Å²) in [6.07, 6.45) is 6.92. The molecule has 3 aromatic rings. The molecule has 0 radical (unpaired) electrons. The van der Waals surface area contributed by atoms with E-state index in [0.29, 0.717) is 24.5 Å². The van der Waals surface area contributed by atoms with E-state index in [1.54, 1.807) is 54.4 Å². The first-order valence-corrected chi connectivity index (χ1v) is 8.30. The molecule has 0 aliphatic carbocycles. The highest BCUT2D eigenvalue weighted by Gasteiger charge is 2.03. The monoisotopic (exact) mass is 348 g/mol. The zero-order chi connectivity index (χ0) is 18.2. The molecular weight excluding hydrogens is 328 g/mol. The number of para-hydroxylation sites is 1. The standard InChI is InChI=1S/C21H20N2O3/c1-25-13-14-26-20-10-8-18(9-11-20)21(24)12-7-17-15-22-23(16-17)19-5-3-2-4-6-19/h2-12,15-16H,13-14H2,1H3/b12-7+. The lowest BCUT2D eigenvalue weighted by Gasteiger charge is -2.05. The molecule has 0 aliphatic rings. The molecule has 0 aliphatic heterocycles. The van der Waals surface area contributed by atoms with Crippen molar-refractivity contribution < 1.29 is 14.3 Å². The van der Waals surface area contributed by atoms with Gasteiger partial charge in [-0.1, -0.05) is 18.2 Å². The number of hydrogen-bond donors (Lipinski definition) is 0. The Hall–Kier alpha value is -3.18. The van der Waals surface area contributed by atoms with Crippen LogP contribution in [0.2, 0.25) is 0 Å². The van der Waals surface area contributed by atoms with Crippen LogP contribution in [0.25, 0.3) is 11.8 Å². The minimum atomic E-state index is -0.0686. The van der Waals surface area contributed by atoms with Gasteiger partial charge in [-0.25, -0.2) is 4.68 Å². The van der Waals surface area contributed by atoms with Crippen LogP contribution in [-0.4, -0.2) is 35.9 Å². The van der Waals surface area contributed by atoms with Gasteiger partial charge in [0.05, 0.1) is 18.5 Å². The zero-order valence-electron chi connectivity index (χ0n) is 14.5. The van der Waals surface area contributed by atoms with Crippen molar-refractivity contribution in [1.82, 2.24) is 9.78 Å². The zero-order valence-corrected chi connectivity index (χ0v) is 14.5. The molecule has 132 valence electrons. The summed E-state index contributed by atoms with van der Waals surface area (Å²) in [7, 11) is 1.63. The Morgan fingerprint density at radius 1 is 1.08 bits per heavy atom. The van der Waals surface area contributed by atoms with E-state index in [-0.39, 0.29) is 5.78 Å². The molecule has 0 atom stereocenters. The fourth-order valence-electron chi connectivity index (χ4n) is 2.37. The number of hydrogen-bond acceptors (Lipinski definition) is 4. The lowest BCUT2D eigenvalue weighted by atomic mass is 10.1. The van der Waals surface area contributed by atoms with Crippen molar-refractivity contribution in [1.29, 1.82) is 0 Å². The van der Waals surface area contributed by atoms with Crippen molar-refractivity contribution in [2.24, 2.45) is 0 Å². The van der Waals surface area contributed by atoms with Gasteiger partial charge in [-0.2, -0.15) is 5.10 Å². The fourth-order valence-corrected chi connectivity index (χ4v) is 2.37. The Bertz CT molecular complexity index is 868. The molecule has 0 unspecified atom stereocenters. The topological polar surface area (TPSA) is 53.4 Å². The molecule has 0 N–H and O–H groups in total. The maximum Gasteiger partial charge on any atom is 0.185 e. The number of aromatic nitrogens is 2. The summed E-state index contributed by atoms with van der Waals surface area (Å²) in [4.78, 5) is 12.3. The maximum atomic E-state index is 12.3. The van der Waals surface area contributed by atoms with Gasteiger partial charge < -0.3 is 9.47 Å². The molecular formula is C21H20N2O3. The van der Waals surface area contributed by atoms with E-state index in [4.69, 9.17) is 9.47 Å². The van der Waals surface area contributed by atoms with Crippen molar-refractivity contribution in [3.63, 3.8) is 0 Å². The van der Waals surface area contributed by atoms with E-state index in [1.807, 2.05) is 36.5 Å². The number of methoxy groups -OCH3 is 1. The van der Waals surface area contributed by atoms with Gasteiger partial charge in [-0.3, -0.25) is 4.79 Å². The smallest absolute Gasteiger partial charge is 0.185 e. The Balaban J connectivity index is 1.62. The van der Waals surface area contributed by atoms with Crippen LogP contribution in [0.1, 0.15) is 15.9 Å². The summed E-state index contributed by atoms with van der Waals surface area (Å²) in [6, 6.07) is 16.9. The largest absolute Gasteiger partial charge is 0.491 e. The second-order valence-electron chi connectivity index (χ2n) is 5.62. The molecule has 1 aromatic heterocycles. The number of ketones is 1. The molecule has 0 amide bonds. The van der Waals surface area contributed by atoms with E-state index in [9.17, 15) is 4.79 Å². The summed E-state index contributed by atoms with van der Waals surface area (Å²) < 4.78 is 12.2. The highest BCUT2D eigenvalue weighted by Crippen LogP contribution is 2.14. The van der Waals surface area contributed by atoms with Crippen molar-refractivity contribution in [2.45, 2.75) is 0 Å². The van der Waals surface area contributed by atoms with Crippen LogP contribution in [0.5, 0.6) is 5.75 Å². The normalized spacial score (nSPS) is 11.0. The molecule has 0 fully saturated rings. The third kappa shape index (κ3) is 4.68. The number of rotatable bonds is 8. The van der Waals surface area contributed by atoms with Crippen molar-refractivity contribution in [3.05, 3.63) is 84.2 Å². The fraction of sp³-hybridized carbons (Fsp3) is 0.143. The van der Waals surface area contributed by atoms with Crippen LogP contribution in [0.4, 0.5) is 0 Å². The predicted octanol–water partition coefficient (Wildman–Crippen LogP) is 3.79. The SMILES string of the molecule is COCCOc1ccc(C(=O)/C=C/c2cnn(-c3ccccc3)c2)cc1.